The first kappa shape index (κ1) is 11.0. The fourth-order valence-corrected chi connectivity index (χ4v) is 3.27. The van der Waals surface area contributed by atoms with Crippen LogP contribution in [0.5, 0.6) is 0 Å². The molecule has 1 aliphatic heterocycles. The predicted molar refractivity (Wildman–Crippen MR) is 71.3 cm³/mol. The van der Waals surface area contributed by atoms with Crippen LogP contribution in [0.2, 0.25) is 0 Å². The number of piperidine rings is 1. The second kappa shape index (κ2) is 4.27. The minimum absolute atomic E-state index is 0.209. The standard InChI is InChI=1S/C13H17N3S/c1-13(4-6-14-7-5-13)16-10-15-9-11(16)12-3-2-8-17-12/h2-3,8-10,14H,4-7H2,1H3. The van der Waals surface area contributed by atoms with Gasteiger partial charge >= 0.3 is 0 Å². The molecule has 3 nitrogen and oxygen atoms in total. The quantitative estimate of drug-likeness (QED) is 0.884. The molecule has 0 aromatic carbocycles. The second-order valence-electron chi connectivity index (χ2n) is 4.87. The first-order valence-electron chi connectivity index (χ1n) is 6.07. The number of hydrogen-bond donors (Lipinski definition) is 1. The minimum Gasteiger partial charge on any atom is -0.324 e. The molecule has 0 aliphatic carbocycles. The van der Waals surface area contributed by atoms with Crippen molar-refractivity contribution in [2.45, 2.75) is 25.3 Å². The van der Waals surface area contributed by atoms with Crippen LogP contribution in [0, 0.1) is 0 Å². The summed E-state index contributed by atoms with van der Waals surface area (Å²) in [7, 11) is 0. The van der Waals surface area contributed by atoms with E-state index in [2.05, 4.69) is 39.3 Å². The summed E-state index contributed by atoms with van der Waals surface area (Å²) in [5.41, 5.74) is 1.46. The van der Waals surface area contributed by atoms with Crippen molar-refractivity contribution in [3.8, 4) is 10.6 Å². The van der Waals surface area contributed by atoms with Crippen LogP contribution in [0.1, 0.15) is 19.8 Å². The lowest BCUT2D eigenvalue weighted by atomic mass is 9.90. The fourth-order valence-electron chi connectivity index (χ4n) is 2.54. The predicted octanol–water partition coefficient (Wildman–Crippen LogP) is 2.71. The van der Waals surface area contributed by atoms with Crippen LogP contribution in [-0.2, 0) is 5.54 Å². The molecule has 0 unspecified atom stereocenters. The molecule has 17 heavy (non-hydrogen) atoms. The third kappa shape index (κ3) is 1.91. The molecule has 4 heteroatoms. The van der Waals surface area contributed by atoms with Crippen LogP contribution in [0.25, 0.3) is 10.6 Å². The Bertz CT molecular complexity index is 480. The van der Waals surface area contributed by atoms with Gasteiger partial charge in [-0.3, -0.25) is 0 Å². The van der Waals surface area contributed by atoms with E-state index in [4.69, 9.17) is 0 Å². The van der Waals surface area contributed by atoms with Gasteiger partial charge in [0.1, 0.15) is 0 Å². The van der Waals surface area contributed by atoms with Crippen molar-refractivity contribution in [3.63, 3.8) is 0 Å². The largest absolute Gasteiger partial charge is 0.324 e. The van der Waals surface area contributed by atoms with Crippen molar-refractivity contribution >= 4 is 11.3 Å². The fraction of sp³-hybridized carbons (Fsp3) is 0.462. The molecule has 1 saturated heterocycles. The molecule has 1 fully saturated rings. The van der Waals surface area contributed by atoms with Gasteiger partial charge in [0.05, 0.1) is 23.1 Å². The van der Waals surface area contributed by atoms with Gasteiger partial charge in [0.2, 0.25) is 0 Å². The molecule has 0 spiro atoms. The Kier molecular flexibility index (Phi) is 2.76. The van der Waals surface area contributed by atoms with Crippen molar-refractivity contribution in [3.05, 3.63) is 30.0 Å². The molecule has 0 radical (unpaired) electrons. The molecule has 0 atom stereocenters. The summed E-state index contributed by atoms with van der Waals surface area (Å²) in [6, 6.07) is 4.27. The van der Waals surface area contributed by atoms with E-state index >= 15 is 0 Å². The van der Waals surface area contributed by atoms with Crippen molar-refractivity contribution in [2.75, 3.05) is 13.1 Å². The zero-order valence-corrected chi connectivity index (χ0v) is 10.8. The van der Waals surface area contributed by atoms with E-state index in [0.717, 1.165) is 13.1 Å². The van der Waals surface area contributed by atoms with Gasteiger partial charge in [0.15, 0.2) is 0 Å². The summed E-state index contributed by atoms with van der Waals surface area (Å²) in [4.78, 5) is 5.66. The number of imidazole rings is 1. The number of nitrogens with zero attached hydrogens (tertiary/aromatic N) is 2. The Balaban J connectivity index is 2.01. The molecule has 0 bridgehead atoms. The summed E-state index contributed by atoms with van der Waals surface area (Å²) in [5.74, 6) is 0. The van der Waals surface area contributed by atoms with Crippen molar-refractivity contribution < 1.29 is 0 Å². The summed E-state index contributed by atoms with van der Waals surface area (Å²) in [6.45, 7) is 4.53. The SMILES string of the molecule is CC1(n2cncc2-c2cccs2)CCNCC1. The third-order valence-corrected chi connectivity index (χ3v) is 4.57. The van der Waals surface area contributed by atoms with Gasteiger partial charge in [0.25, 0.3) is 0 Å². The van der Waals surface area contributed by atoms with Crippen molar-refractivity contribution in [1.82, 2.24) is 14.9 Å². The molecule has 3 rings (SSSR count). The van der Waals surface area contributed by atoms with E-state index < -0.39 is 0 Å². The van der Waals surface area contributed by atoms with Gasteiger partial charge in [-0.25, -0.2) is 4.98 Å². The highest BCUT2D eigenvalue weighted by Crippen LogP contribution is 2.33. The van der Waals surface area contributed by atoms with E-state index in [-0.39, 0.29) is 5.54 Å². The number of thiophene rings is 1. The maximum atomic E-state index is 4.35. The highest BCUT2D eigenvalue weighted by Gasteiger charge is 2.30. The molecule has 3 heterocycles. The summed E-state index contributed by atoms with van der Waals surface area (Å²) in [6.07, 6.45) is 6.31. The molecule has 0 amide bonds. The molecule has 1 N–H and O–H groups in total. The van der Waals surface area contributed by atoms with Crippen LogP contribution in [0.4, 0.5) is 0 Å². The Morgan fingerprint density at radius 1 is 1.41 bits per heavy atom. The zero-order chi connectivity index (χ0) is 11.7. The van der Waals surface area contributed by atoms with Gasteiger partial charge in [0, 0.05) is 5.54 Å². The van der Waals surface area contributed by atoms with Crippen LogP contribution in [0.15, 0.2) is 30.0 Å². The van der Waals surface area contributed by atoms with Gasteiger partial charge in [-0.05, 0) is 44.3 Å². The van der Waals surface area contributed by atoms with E-state index in [1.54, 1.807) is 11.3 Å². The Morgan fingerprint density at radius 3 is 2.94 bits per heavy atom. The highest BCUT2D eigenvalue weighted by atomic mass is 32.1. The lowest BCUT2D eigenvalue weighted by Crippen LogP contribution is -2.41. The third-order valence-electron chi connectivity index (χ3n) is 3.67. The average Bonchev–Trinajstić information content (AvgIpc) is 3.01. The number of hydrogen-bond acceptors (Lipinski definition) is 3. The highest BCUT2D eigenvalue weighted by molar-refractivity contribution is 7.13. The number of nitrogens with one attached hydrogen (secondary N) is 1. The smallest absolute Gasteiger partial charge is 0.0956 e. The molecule has 90 valence electrons. The van der Waals surface area contributed by atoms with Crippen LogP contribution in [-0.4, -0.2) is 22.6 Å². The van der Waals surface area contributed by atoms with Crippen LogP contribution in [0.3, 0.4) is 0 Å². The monoisotopic (exact) mass is 247 g/mol. The average molecular weight is 247 g/mol. The van der Waals surface area contributed by atoms with Crippen molar-refractivity contribution in [1.29, 1.82) is 0 Å². The normalized spacial score (nSPS) is 19.4. The van der Waals surface area contributed by atoms with E-state index in [9.17, 15) is 0 Å². The zero-order valence-electron chi connectivity index (χ0n) is 10.0. The van der Waals surface area contributed by atoms with Crippen molar-refractivity contribution in [2.24, 2.45) is 0 Å². The molecule has 2 aromatic rings. The summed E-state index contributed by atoms with van der Waals surface area (Å²) >= 11 is 1.78. The van der Waals surface area contributed by atoms with E-state index in [1.807, 2.05) is 12.5 Å². The van der Waals surface area contributed by atoms with Crippen LogP contribution < -0.4 is 5.32 Å². The summed E-state index contributed by atoms with van der Waals surface area (Å²) < 4.78 is 2.36. The lowest BCUT2D eigenvalue weighted by Gasteiger charge is -2.36. The molecular weight excluding hydrogens is 230 g/mol. The minimum atomic E-state index is 0.209. The maximum absolute atomic E-state index is 4.35. The van der Waals surface area contributed by atoms with E-state index in [0.29, 0.717) is 0 Å². The lowest BCUT2D eigenvalue weighted by molar-refractivity contribution is 0.233. The van der Waals surface area contributed by atoms with Gasteiger partial charge in [-0.15, -0.1) is 11.3 Å². The maximum Gasteiger partial charge on any atom is 0.0956 e. The van der Waals surface area contributed by atoms with Gasteiger partial charge in [-0.1, -0.05) is 6.07 Å². The second-order valence-corrected chi connectivity index (χ2v) is 5.82. The first-order valence-corrected chi connectivity index (χ1v) is 6.95. The first-order chi connectivity index (χ1) is 8.30. The molecular formula is C13H17N3S. The topological polar surface area (TPSA) is 29.9 Å². The Morgan fingerprint density at radius 2 is 2.24 bits per heavy atom. The van der Waals surface area contributed by atoms with Gasteiger partial charge < -0.3 is 9.88 Å². The number of aromatic nitrogens is 2. The van der Waals surface area contributed by atoms with E-state index in [1.165, 1.54) is 23.4 Å². The molecule has 1 aliphatic rings. The van der Waals surface area contributed by atoms with Gasteiger partial charge in [-0.2, -0.15) is 0 Å². The number of rotatable bonds is 2. The Labute approximate surface area is 106 Å². The summed E-state index contributed by atoms with van der Waals surface area (Å²) in [5, 5.41) is 5.55. The Hall–Kier alpha value is -1.13. The molecule has 2 aromatic heterocycles. The molecule has 0 saturated carbocycles. The van der Waals surface area contributed by atoms with Crippen LogP contribution >= 0.6 is 11.3 Å².